The molecule has 0 bridgehead atoms. The highest BCUT2D eigenvalue weighted by molar-refractivity contribution is 4.20. The molecule has 0 rings (SSSR count). The molecule has 0 aliphatic carbocycles. The largest absolute Gasteiger partial charge is 0.400 e. The van der Waals surface area contributed by atoms with Crippen LogP contribution in [0.15, 0.2) is 0 Å². The van der Waals surface area contributed by atoms with Gasteiger partial charge in [0.1, 0.15) is 0 Å². The van der Waals surface area contributed by atoms with Crippen LogP contribution in [0.25, 0.3) is 0 Å². The van der Waals surface area contributed by atoms with Crippen LogP contribution < -0.4 is 0 Å². The van der Waals surface area contributed by atoms with E-state index in [1.165, 1.54) is 0 Å². The molecule has 0 spiro atoms. The molecule has 0 amide bonds. The van der Waals surface area contributed by atoms with E-state index in [-0.39, 0.29) is 12.7 Å². The van der Waals surface area contributed by atoms with Crippen molar-refractivity contribution in [3.8, 4) is 0 Å². The molecule has 3 N–H and O–H groups in total. The van der Waals surface area contributed by atoms with Gasteiger partial charge in [-0.15, -0.1) is 0 Å². The highest BCUT2D eigenvalue weighted by Crippen LogP contribution is 1.65. The van der Waals surface area contributed by atoms with Gasteiger partial charge in [-0.3, -0.25) is 0 Å². The summed E-state index contributed by atoms with van der Waals surface area (Å²) < 4.78 is 0. The third kappa shape index (κ3) is 18900. The van der Waals surface area contributed by atoms with Crippen LogP contribution in [0, 0.1) is 0 Å². The second kappa shape index (κ2) is 24.8. The predicted octanol–water partition coefficient (Wildman–Crippen LogP) is -0.00580. The Morgan fingerprint density at radius 3 is 1.22 bits per heavy atom. The molecule has 9 heavy (non-hydrogen) atoms. The van der Waals surface area contributed by atoms with Gasteiger partial charge in [0.15, 0.2) is 0 Å². The van der Waals surface area contributed by atoms with Gasteiger partial charge < -0.3 is 15.3 Å². The molecule has 3 nitrogen and oxygen atoms in total. The highest BCUT2D eigenvalue weighted by Gasteiger charge is 1.69. The van der Waals surface area contributed by atoms with Gasteiger partial charge in [0.25, 0.3) is 0 Å². The molecular formula is C6H18O3. The first kappa shape index (κ1) is 15.9. The van der Waals surface area contributed by atoms with E-state index in [4.69, 9.17) is 15.3 Å². The Kier molecular flexibility index (Phi) is 43.9. The second-order valence-electron chi connectivity index (χ2n) is 1.41. The fourth-order valence-electron chi connectivity index (χ4n) is 0. The van der Waals surface area contributed by atoms with Gasteiger partial charge in [0, 0.05) is 19.8 Å². The molecule has 0 radical (unpaired) electrons. The summed E-state index contributed by atoms with van der Waals surface area (Å²) in [6.45, 7) is 5.38. The maximum Gasteiger partial charge on any atom is 0.0483 e. The zero-order chi connectivity index (χ0) is 8.28. The average Bonchev–Trinajstić information content (AvgIpc) is 1.71. The van der Waals surface area contributed by atoms with Crippen molar-refractivity contribution in [3.63, 3.8) is 0 Å². The monoisotopic (exact) mass is 138 g/mol. The lowest BCUT2D eigenvalue weighted by Crippen LogP contribution is -1.85. The molecule has 0 fully saturated rings. The lowest BCUT2D eigenvalue weighted by molar-refractivity contribution is 0.216. The molecule has 0 heterocycles. The summed E-state index contributed by atoms with van der Waals surface area (Å²) >= 11 is 0. The summed E-state index contributed by atoms with van der Waals surface area (Å²) in [5.74, 6) is 0. The Hall–Kier alpha value is -0.120. The third-order valence-corrected chi connectivity index (χ3v) is 0. The van der Waals surface area contributed by atoms with E-state index in [0.29, 0.717) is 0 Å². The molecule has 0 saturated heterocycles. The Bertz CT molecular complexity index is 19.5. The van der Waals surface area contributed by atoms with Crippen LogP contribution in [-0.2, 0) is 0 Å². The first-order chi connectivity index (χ1) is 4.15. The van der Waals surface area contributed by atoms with Crippen molar-refractivity contribution in [1.82, 2.24) is 0 Å². The van der Waals surface area contributed by atoms with Gasteiger partial charge in [-0.2, -0.15) is 0 Å². The van der Waals surface area contributed by atoms with Crippen molar-refractivity contribution >= 4 is 0 Å². The maximum atomic E-state index is 8.06. The number of hydrogen-bond acceptors (Lipinski definition) is 3. The minimum absolute atomic E-state index is 0.167. The van der Waals surface area contributed by atoms with Crippen LogP contribution in [0.4, 0.5) is 0 Å². The second-order valence-corrected chi connectivity index (χ2v) is 1.41. The van der Waals surface area contributed by atoms with E-state index >= 15 is 0 Å². The van der Waals surface area contributed by atoms with Crippen molar-refractivity contribution in [2.75, 3.05) is 13.7 Å². The fourth-order valence-corrected chi connectivity index (χ4v) is 0. The SMILES string of the molecule is CC(C)O.CCO.CO. The molecule has 0 aromatic rings. The average molecular weight is 138 g/mol. The third-order valence-electron chi connectivity index (χ3n) is 0. The Morgan fingerprint density at radius 2 is 1.22 bits per heavy atom. The quantitative estimate of drug-likeness (QED) is 0.441. The topological polar surface area (TPSA) is 60.7 Å². The van der Waals surface area contributed by atoms with E-state index in [1.807, 2.05) is 0 Å². The summed E-state index contributed by atoms with van der Waals surface area (Å²) in [5.41, 5.74) is 0. The smallest absolute Gasteiger partial charge is 0.0483 e. The van der Waals surface area contributed by atoms with Gasteiger partial charge in [0.05, 0.1) is 0 Å². The predicted molar refractivity (Wildman–Crippen MR) is 38.3 cm³/mol. The highest BCUT2D eigenvalue weighted by atomic mass is 16.3. The van der Waals surface area contributed by atoms with E-state index in [2.05, 4.69) is 0 Å². The van der Waals surface area contributed by atoms with Gasteiger partial charge in [0.2, 0.25) is 0 Å². The number of aliphatic hydroxyl groups excluding tert-OH is 3. The van der Waals surface area contributed by atoms with Gasteiger partial charge in [-0.05, 0) is 20.8 Å². The van der Waals surface area contributed by atoms with E-state index in [9.17, 15) is 0 Å². The summed E-state index contributed by atoms with van der Waals surface area (Å²) in [5, 5.41) is 22.6. The Balaban J connectivity index is -0.0000000646. The van der Waals surface area contributed by atoms with Crippen molar-refractivity contribution in [1.29, 1.82) is 0 Å². The molecule has 0 unspecified atom stereocenters. The normalized spacial score (nSPS) is 6.67. The minimum atomic E-state index is -0.167. The molecule has 3 heteroatoms. The zero-order valence-electron chi connectivity index (χ0n) is 6.63. The van der Waals surface area contributed by atoms with Crippen LogP contribution in [0.3, 0.4) is 0 Å². The van der Waals surface area contributed by atoms with Gasteiger partial charge >= 0.3 is 0 Å². The van der Waals surface area contributed by atoms with Gasteiger partial charge in [-0.25, -0.2) is 0 Å². The lowest BCUT2D eigenvalue weighted by Gasteiger charge is -1.80. The number of aliphatic hydroxyl groups is 3. The van der Waals surface area contributed by atoms with E-state index in [1.54, 1.807) is 20.8 Å². The summed E-state index contributed by atoms with van der Waals surface area (Å²) in [7, 11) is 1.00. The molecule has 0 aliphatic rings. The molecule has 0 aliphatic heterocycles. The number of hydrogen-bond donors (Lipinski definition) is 3. The first-order valence-corrected chi connectivity index (χ1v) is 2.88. The zero-order valence-corrected chi connectivity index (χ0v) is 6.63. The van der Waals surface area contributed by atoms with Crippen molar-refractivity contribution in [2.24, 2.45) is 0 Å². The summed E-state index contributed by atoms with van der Waals surface area (Å²) in [4.78, 5) is 0. The maximum absolute atomic E-state index is 8.06. The van der Waals surface area contributed by atoms with Crippen LogP contribution in [-0.4, -0.2) is 35.1 Å². The standard InChI is InChI=1S/C3H8O.C2H6O.CH4O/c1-3(2)4;1-2-3;1-2/h3-4H,1-2H3;3H,2H2,1H3;2H,1H3. The van der Waals surface area contributed by atoms with Crippen molar-refractivity contribution in [3.05, 3.63) is 0 Å². The van der Waals surface area contributed by atoms with E-state index < -0.39 is 0 Å². The molecular weight excluding hydrogens is 120 g/mol. The molecule has 0 aromatic heterocycles. The Labute approximate surface area is 57.0 Å². The molecule has 0 atom stereocenters. The van der Waals surface area contributed by atoms with Crippen molar-refractivity contribution in [2.45, 2.75) is 26.9 Å². The van der Waals surface area contributed by atoms with Crippen LogP contribution in [0.5, 0.6) is 0 Å². The molecule has 0 aromatic carbocycles. The molecule has 60 valence electrons. The molecule has 0 saturated carbocycles. The fraction of sp³-hybridized carbons (Fsp3) is 1.00. The lowest BCUT2D eigenvalue weighted by atomic mass is 10.5. The van der Waals surface area contributed by atoms with Crippen molar-refractivity contribution < 1.29 is 15.3 Å². The minimum Gasteiger partial charge on any atom is -0.400 e. The van der Waals surface area contributed by atoms with Crippen LogP contribution in [0.1, 0.15) is 20.8 Å². The Morgan fingerprint density at radius 1 is 1.22 bits per heavy atom. The summed E-state index contributed by atoms with van der Waals surface area (Å²) in [6.07, 6.45) is -0.167. The van der Waals surface area contributed by atoms with Crippen LogP contribution >= 0.6 is 0 Å². The van der Waals surface area contributed by atoms with Gasteiger partial charge in [-0.1, -0.05) is 0 Å². The van der Waals surface area contributed by atoms with Crippen LogP contribution in [0.2, 0.25) is 0 Å². The first-order valence-electron chi connectivity index (χ1n) is 2.88. The summed E-state index contributed by atoms with van der Waals surface area (Å²) in [6, 6.07) is 0. The van der Waals surface area contributed by atoms with E-state index in [0.717, 1.165) is 7.11 Å². The number of rotatable bonds is 0.